The van der Waals surface area contributed by atoms with Crippen LogP contribution in [0.4, 0.5) is 0 Å². The van der Waals surface area contributed by atoms with Crippen LogP contribution in [0.1, 0.15) is 48.2 Å². The van der Waals surface area contributed by atoms with Crippen LogP contribution >= 0.6 is 0 Å². The zero-order chi connectivity index (χ0) is 15.5. The number of benzene rings is 1. The molecule has 1 fully saturated rings. The van der Waals surface area contributed by atoms with Crippen LogP contribution in [0.15, 0.2) is 36.5 Å². The van der Waals surface area contributed by atoms with Gasteiger partial charge in [0.1, 0.15) is 0 Å². The van der Waals surface area contributed by atoms with E-state index in [1.165, 1.54) is 19.3 Å². The highest BCUT2D eigenvalue weighted by atomic mass is 16.2. The molecule has 0 atom stereocenters. The summed E-state index contributed by atoms with van der Waals surface area (Å²) in [6, 6.07) is 10.1. The highest BCUT2D eigenvalue weighted by Crippen LogP contribution is 2.23. The number of rotatable bonds is 3. The first kappa shape index (κ1) is 14.8. The van der Waals surface area contributed by atoms with Gasteiger partial charge >= 0.3 is 0 Å². The lowest BCUT2D eigenvalue weighted by Crippen LogP contribution is -2.38. The van der Waals surface area contributed by atoms with Crippen molar-refractivity contribution in [3.8, 4) is 5.69 Å². The first-order valence-electron chi connectivity index (χ1n) is 8.05. The second-order valence-corrected chi connectivity index (χ2v) is 6.14. The Bertz CT molecular complexity index is 639. The van der Waals surface area contributed by atoms with Gasteiger partial charge in [-0.25, -0.2) is 4.68 Å². The van der Waals surface area contributed by atoms with E-state index in [-0.39, 0.29) is 5.91 Å². The maximum Gasteiger partial charge on any atom is 0.253 e. The predicted molar refractivity (Wildman–Crippen MR) is 87.3 cm³/mol. The van der Waals surface area contributed by atoms with E-state index >= 15 is 0 Å². The van der Waals surface area contributed by atoms with Crippen molar-refractivity contribution >= 4 is 5.91 Å². The average molecular weight is 297 g/mol. The Morgan fingerprint density at radius 1 is 1.14 bits per heavy atom. The van der Waals surface area contributed by atoms with E-state index < -0.39 is 0 Å². The fraction of sp³-hybridized carbons (Fsp3) is 0.444. The summed E-state index contributed by atoms with van der Waals surface area (Å²) in [4.78, 5) is 14.5. The lowest BCUT2D eigenvalue weighted by atomic mass is 9.94. The summed E-state index contributed by atoms with van der Waals surface area (Å²) in [6.07, 6.45) is 7.82. The Morgan fingerprint density at radius 3 is 2.41 bits per heavy atom. The predicted octanol–water partition coefficient (Wildman–Crippen LogP) is 3.59. The molecule has 0 saturated heterocycles. The normalized spacial score (nSPS) is 15.7. The van der Waals surface area contributed by atoms with Gasteiger partial charge in [0.25, 0.3) is 5.91 Å². The zero-order valence-electron chi connectivity index (χ0n) is 13.3. The molecule has 1 saturated carbocycles. The number of aryl methyl sites for hydroxylation is 1. The molecule has 22 heavy (non-hydrogen) atoms. The molecule has 0 unspecified atom stereocenters. The molecular formula is C18H23N3O. The standard InChI is InChI=1S/C18H23N3O/c1-14-12-13-19-21(14)17-10-8-15(9-11-17)18(22)20(2)16-6-4-3-5-7-16/h8-13,16H,3-7H2,1-2H3. The number of carbonyl (C=O) groups is 1. The quantitative estimate of drug-likeness (QED) is 0.868. The number of hydrogen-bond donors (Lipinski definition) is 0. The molecule has 1 aliphatic rings. The Morgan fingerprint density at radius 2 is 1.82 bits per heavy atom. The van der Waals surface area contributed by atoms with Gasteiger partial charge in [-0.15, -0.1) is 0 Å². The minimum absolute atomic E-state index is 0.121. The molecule has 4 nitrogen and oxygen atoms in total. The Hall–Kier alpha value is -2.10. The Balaban J connectivity index is 1.74. The molecule has 0 spiro atoms. The molecule has 1 heterocycles. The molecule has 0 bridgehead atoms. The second-order valence-electron chi connectivity index (χ2n) is 6.14. The monoisotopic (exact) mass is 297 g/mol. The van der Waals surface area contributed by atoms with Gasteiger partial charge in [0.15, 0.2) is 0 Å². The number of hydrogen-bond acceptors (Lipinski definition) is 2. The number of nitrogens with zero attached hydrogens (tertiary/aromatic N) is 3. The van der Waals surface area contributed by atoms with E-state index in [1.54, 1.807) is 6.20 Å². The van der Waals surface area contributed by atoms with E-state index in [1.807, 2.05) is 53.9 Å². The maximum atomic E-state index is 12.6. The fourth-order valence-corrected chi connectivity index (χ4v) is 3.22. The van der Waals surface area contributed by atoms with E-state index in [0.717, 1.165) is 29.8 Å². The van der Waals surface area contributed by atoms with E-state index in [0.29, 0.717) is 6.04 Å². The van der Waals surface area contributed by atoms with Gasteiger partial charge in [0.2, 0.25) is 0 Å². The van der Waals surface area contributed by atoms with Gasteiger partial charge in [-0.1, -0.05) is 19.3 Å². The van der Waals surface area contributed by atoms with Crippen LogP contribution in [-0.2, 0) is 0 Å². The summed E-state index contributed by atoms with van der Waals surface area (Å²) < 4.78 is 1.87. The number of amides is 1. The Kier molecular flexibility index (Phi) is 4.27. The van der Waals surface area contributed by atoms with E-state index in [2.05, 4.69) is 5.10 Å². The van der Waals surface area contributed by atoms with Gasteiger partial charge in [-0.3, -0.25) is 4.79 Å². The SMILES string of the molecule is Cc1ccnn1-c1ccc(C(=O)N(C)C2CCCCC2)cc1. The van der Waals surface area contributed by atoms with E-state index in [4.69, 9.17) is 0 Å². The molecule has 3 rings (SSSR count). The molecule has 0 radical (unpaired) electrons. The second kappa shape index (κ2) is 6.34. The minimum atomic E-state index is 0.121. The van der Waals surface area contributed by atoms with Gasteiger partial charge in [-0.2, -0.15) is 5.10 Å². The third-order valence-corrected chi connectivity index (χ3v) is 4.63. The van der Waals surface area contributed by atoms with Crippen molar-refractivity contribution in [3.05, 3.63) is 47.8 Å². The topological polar surface area (TPSA) is 38.1 Å². The van der Waals surface area contributed by atoms with Gasteiger partial charge in [0, 0.05) is 30.5 Å². The summed E-state index contributed by atoms with van der Waals surface area (Å²) in [5, 5.41) is 4.29. The zero-order valence-corrected chi connectivity index (χ0v) is 13.3. The summed E-state index contributed by atoms with van der Waals surface area (Å²) >= 11 is 0. The molecule has 1 aromatic heterocycles. The largest absolute Gasteiger partial charge is 0.339 e. The molecule has 1 amide bonds. The number of carbonyl (C=O) groups excluding carboxylic acids is 1. The van der Waals surface area contributed by atoms with Crippen molar-refractivity contribution in [1.82, 2.24) is 14.7 Å². The molecule has 0 N–H and O–H groups in total. The molecule has 0 aliphatic heterocycles. The minimum Gasteiger partial charge on any atom is -0.339 e. The highest BCUT2D eigenvalue weighted by Gasteiger charge is 2.22. The van der Waals surface area contributed by atoms with Gasteiger partial charge in [-0.05, 0) is 50.1 Å². The van der Waals surface area contributed by atoms with Crippen molar-refractivity contribution in [2.75, 3.05) is 7.05 Å². The van der Waals surface area contributed by atoms with Crippen molar-refractivity contribution < 1.29 is 4.79 Å². The van der Waals surface area contributed by atoms with Crippen molar-refractivity contribution in [2.45, 2.75) is 45.1 Å². The van der Waals surface area contributed by atoms with Crippen LogP contribution in [0.5, 0.6) is 0 Å². The lowest BCUT2D eigenvalue weighted by Gasteiger charge is -2.31. The van der Waals surface area contributed by atoms with Crippen LogP contribution in [0.2, 0.25) is 0 Å². The van der Waals surface area contributed by atoms with Crippen LogP contribution in [0, 0.1) is 6.92 Å². The summed E-state index contributed by atoms with van der Waals surface area (Å²) in [7, 11) is 1.93. The van der Waals surface area contributed by atoms with Crippen molar-refractivity contribution in [3.63, 3.8) is 0 Å². The van der Waals surface area contributed by atoms with Crippen LogP contribution in [0.3, 0.4) is 0 Å². The third kappa shape index (κ3) is 2.91. The van der Waals surface area contributed by atoms with Gasteiger partial charge in [0.05, 0.1) is 5.69 Å². The van der Waals surface area contributed by atoms with Crippen LogP contribution in [0.25, 0.3) is 5.69 Å². The summed E-state index contributed by atoms with van der Waals surface area (Å²) in [5.41, 5.74) is 2.82. The molecule has 2 aromatic rings. The summed E-state index contributed by atoms with van der Waals surface area (Å²) in [5.74, 6) is 0.121. The van der Waals surface area contributed by atoms with E-state index in [9.17, 15) is 4.79 Å². The highest BCUT2D eigenvalue weighted by molar-refractivity contribution is 5.94. The molecule has 116 valence electrons. The first-order chi connectivity index (χ1) is 10.7. The molecule has 4 heteroatoms. The Labute approximate surface area is 131 Å². The molecule has 1 aliphatic carbocycles. The van der Waals surface area contributed by atoms with Crippen LogP contribution in [-0.4, -0.2) is 33.7 Å². The first-order valence-corrected chi connectivity index (χ1v) is 8.05. The lowest BCUT2D eigenvalue weighted by molar-refractivity contribution is 0.0696. The van der Waals surface area contributed by atoms with Gasteiger partial charge < -0.3 is 4.90 Å². The number of aromatic nitrogens is 2. The molecule has 1 aromatic carbocycles. The average Bonchev–Trinajstić information content (AvgIpc) is 3.00. The smallest absolute Gasteiger partial charge is 0.253 e. The third-order valence-electron chi connectivity index (χ3n) is 4.63. The summed E-state index contributed by atoms with van der Waals surface area (Å²) in [6.45, 7) is 2.02. The van der Waals surface area contributed by atoms with Crippen molar-refractivity contribution in [2.24, 2.45) is 0 Å². The van der Waals surface area contributed by atoms with Crippen molar-refractivity contribution in [1.29, 1.82) is 0 Å². The maximum absolute atomic E-state index is 12.6. The molecular weight excluding hydrogens is 274 g/mol. The van der Waals surface area contributed by atoms with Crippen LogP contribution < -0.4 is 0 Å². The fourth-order valence-electron chi connectivity index (χ4n) is 3.22.